The van der Waals surface area contributed by atoms with E-state index in [1.165, 1.54) is 5.56 Å². The summed E-state index contributed by atoms with van der Waals surface area (Å²) in [4.78, 5) is 12.4. The largest absolute Gasteiger partial charge is 0.355 e. The molecule has 1 N–H and O–H groups in total. The second kappa shape index (κ2) is 6.77. The molecule has 0 unspecified atom stereocenters. The fraction of sp³-hybridized carbons (Fsp3) is 0.278. The van der Waals surface area contributed by atoms with Crippen LogP contribution in [0.2, 0.25) is 5.02 Å². The number of hydrogen-bond donors (Lipinski definition) is 1. The predicted octanol–water partition coefficient (Wildman–Crippen LogP) is 3.98. The Kier molecular flexibility index (Phi) is 5.03. The number of nitrogens with one attached hydrogen (secondary N) is 1. The van der Waals surface area contributed by atoms with Crippen LogP contribution >= 0.6 is 11.6 Å². The van der Waals surface area contributed by atoms with Crippen LogP contribution in [0.25, 0.3) is 0 Å². The maximum absolute atomic E-state index is 12.4. The first kappa shape index (κ1) is 15.6. The Bertz CT molecular complexity index is 608. The molecule has 0 aliphatic rings. The zero-order valence-corrected chi connectivity index (χ0v) is 13.2. The highest BCUT2D eigenvalue weighted by Crippen LogP contribution is 2.25. The minimum atomic E-state index is -0.596. The van der Waals surface area contributed by atoms with Crippen LogP contribution in [-0.2, 0) is 16.6 Å². The van der Waals surface area contributed by atoms with Crippen LogP contribution in [0, 0.1) is 0 Å². The van der Waals surface area contributed by atoms with E-state index in [-0.39, 0.29) is 5.91 Å². The molecule has 2 aromatic rings. The molecule has 1 amide bonds. The fourth-order valence-electron chi connectivity index (χ4n) is 2.19. The van der Waals surface area contributed by atoms with Gasteiger partial charge in [0.1, 0.15) is 0 Å². The highest BCUT2D eigenvalue weighted by Gasteiger charge is 2.29. The van der Waals surface area contributed by atoms with E-state index in [2.05, 4.69) is 17.4 Å². The number of rotatable bonds is 5. The standard InChI is InChI=1S/C18H20ClNO/c1-18(2,15-9-6-10-16(19)13-15)17(21)20-12-11-14-7-4-3-5-8-14/h3-10,13H,11-12H2,1-2H3,(H,20,21). The Balaban J connectivity index is 1.96. The van der Waals surface area contributed by atoms with Gasteiger partial charge in [-0.2, -0.15) is 0 Å². The molecule has 0 aliphatic carbocycles. The lowest BCUT2D eigenvalue weighted by Gasteiger charge is -2.24. The third-order valence-electron chi connectivity index (χ3n) is 3.66. The molecule has 0 aliphatic heterocycles. The Morgan fingerprint density at radius 3 is 2.48 bits per heavy atom. The first-order chi connectivity index (χ1) is 10.00. The number of hydrogen-bond acceptors (Lipinski definition) is 1. The summed E-state index contributed by atoms with van der Waals surface area (Å²) in [6.45, 7) is 4.46. The van der Waals surface area contributed by atoms with Gasteiger partial charge in [0.25, 0.3) is 0 Å². The lowest BCUT2D eigenvalue weighted by Crippen LogP contribution is -2.40. The van der Waals surface area contributed by atoms with Crippen molar-refractivity contribution in [3.05, 3.63) is 70.7 Å². The highest BCUT2D eigenvalue weighted by atomic mass is 35.5. The van der Waals surface area contributed by atoms with Crippen molar-refractivity contribution < 1.29 is 4.79 Å². The SMILES string of the molecule is CC(C)(C(=O)NCCc1ccccc1)c1cccc(Cl)c1. The second-order valence-electron chi connectivity index (χ2n) is 5.63. The summed E-state index contributed by atoms with van der Waals surface area (Å²) in [6, 6.07) is 17.6. The van der Waals surface area contributed by atoms with E-state index in [0.717, 1.165) is 12.0 Å². The van der Waals surface area contributed by atoms with E-state index in [1.807, 2.05) is 56.3 Å². The molecule has 21 heavy (non-hydrogen) atoms. The summed E-state index contributed by atoms with van der Waals surface area (Å²) in [5.74, 6) is 0.0145. The summed E-state index contributed by atoms with van der Waals surface area (Å²) < 4.78 is 0. The molecule has 0 spiro atoms. The van der Waals surface area contributed by atoms with Crippen molar-refractivity contribution in [1.29, 1.82) is 0 Å². The molecule has 3 heteroatoms. The van der Waals surface area contributed by atoms with Gasteiger partial charge in [0, 0.05) is 11.6 Å². The van der Waals surface area contributed by atoms with Gasteiger partial charge in [0.2, 0.25) is 5.91 Å². The Morgan fingerprint density at radius 1 is 1.10 bits per heavy atom. The summed E-state index contributed by atoms with van der Waals surface area (Å²) in [5.41, 5.74) is 1.55. The summed E-state index contributed by atoms with van der Waals surface area (Å²) in [6.07, 6.45) is 0.832. The Hall–Kier alpha value is -1.80. The Labute approximate surface area is 131 Å². The average Bonchev–Trinajstić information content (AvgIpc) is 2.48. The van der Waals surface area contributed by atoms with Gasteiger partial charge in [0.05, 0.1) is 5.41 Å². The van der Waals surface area contributed by atoms with E-state index in [9.17, 15) is 4.79 Å². The number of amides is 1. The smallest absolute Gasteiger partial charge is 0.230 e. The van der Waals surface area contributed by atoms with Gasteiger partial charge in [-0.3, -0.25) is 4.79 Å². The van der Waals surface area contributed by atoms with Crippen LogP contribution in [-0.4, -0.2) is 12.5 Å². The van der Waals surface area contributed by atoms with Gasteiger partial charge in [0.15, 0.2) is 0 Å². The van der Waals surface area contributed by atoms with Crippen LogP contribution < -0.4 is 5.32 Å². The van der Waals surface area contributed by atoms with Gasteiger partial charge < -0.3 is 5.32 Å². The molecule has 0 bridgehead atoms. The van der Waals surface area contributed by atoms with Crippen molar-refractivity contribution in [2.24, 2.45) is 0 Å². The van der Waals surface area contributed by atoms with E-state index >= 15 is 0 Å². The lowest BCUT2D eigenvalue weighted by atomic mass is 9.83. The van der Waals surface area contributed by atoms with Crippen LogP contribution in [0.5, 0.6) is 0 Å². The molecular formula is C18H20ClNO. The lowest BCUT2D eigenvalue weighted by molar-refractivity contribution is -0.125. The molecule has 2 aromatic carbocycles. The van der Waals surface area contributed by atoms with Gasteiger partial charge in [-0.1, -0.05) is 54.1 Å². The first-order valence-electron chi connectivity index (χ1n) is 7.08. The van der Waals surface area contributed by atoms with E-state index in [0.29, 0.717) is 11.6 Å². The van der Waals surface area contributed by atoms with Crippen LogP contribution in [0.4, 0.5) is 0 Å². The second-order valence-corrected chi connectivity index (χ2v) is 6.06. The minimum Gasteiger partial charge on any atom is -0.355 e. The van der Waals surface area contributed by atoms with Crippen LogP contribution in [0.15, 0.2) is 54.6 Å². The van der Waals surface area contributed by atoms with Crippen molar-refractivity contribution in [1.82, 2.24) is 5.32 Å². The fourth-order valence-corrected chi connectivity index (χ4v) is 2.38. The normalized spacial score (nSPS) is 11.2. The van der Waals surface area contributed by atoms with E-state index in [4.69, 9.17) is 11.6 Å². The molecule has 0 radical (unpaired) electrons. The molecule has 0 aromatic heterocycles. The van der Waals surface area contributed by atoms with Crippen molar-refractivity contribution in [3.8, 4) is 0 Å². The van der Waals surface area contributed by atoms with E-state index < -0.39 is 5.41 Å². The average molecular weight is 302 g/mol. The number of carbonyl (C=O) groups excluding carboxylic acids is 1. The molecule has 0 atom stereocenters. The van der Waals surface area contributed by atoms with Crippen molar-refractivity contribution in [3.63, 3.8) is 0 Å². The quantitative estimate of drug-likeness (QED) is 0.889. The van der Waals surface area contributed by atoms with Crippen LogP contribution in [0.1, 0.15) is 25.0 Å². The summed E-state index contributed by atoms with van der Waals surface area (Å²) >= 11 is 6.01. The van der Waals surface area contributed by atoms with Gasteiger partial charge in [-0.25, -0.2) is 0 Å². The molecule has 2 nitrogen and oxygen atoms in total. The number of halogens is 1. The maximum Gasteiger partial charge on any atom is 0.230 e. The van der Waals surface area contributed by atoms with Crippen molar-refractivity contribution in [2.45, 2.75) is 25.7 Å². The van der Waals surface area contributed by atoms with Crippen LogP contribution in [0.3, 0.4) is 0 Å². The summed E-state index contributed by atoms with van der Waals surface area (Å²) in [7, 11) is 0. The molecule has 0 heterocycles. The zero-order valence-electron chi connectivity index (χ0n) is 12.4. The van der Waals surface area contributed by atoms with Gasteiger partial charge >= 0.3 is 0 Å². The molecule has 2 rings (SSSR count). The maximum atomic E-state index is 12.4. The third kappa shape index (κ3) is 4.08. The van der Waals surface area contributed by atoms with Gasteiger partial charge in [-0.05, 0) is 43.5 Å². The molecule has 0 saturated heterocycles. The molecular weight excluding hydrogens is 282 g/mol. The molecule has 0 fully saturated rings. The molecule has 0 saturated carbocycles. The monoisotopic (exact) mass is 301 g/mol. The van der Waals surface area contributed by atoms with E-state index in [1.54, 1.807) is 0 Å². The first-order valence-corrected chi connectivity index (χ1v) is 7.46. The molecule has 110 valence electrons. The highest BCUT2D eigenvalue weighted by molar-refractivity contribution is 6.30. The number of benzene rings is 2. The topological polar surface area (TPSA) is 29.1 Å². The Morgan fingerprint density at radius 2 is 1.81 bits per heavy atom. The summed E-state index contributed by atoms with van der Waals surface area (Å²) in [5, 5.41) is 3.66. The van der Waals surface area contributed by atoms with Crippen molar-refractivity contribution >= 4 is 17.5 Å². The number of carbonyl (C=O) groups is 1. The van der Waals surface area contributed by atoms with Crippen molar-refractivity contribution in [2.75, 3.05) is 6.54 Å². The minimum absolute atomic E-state index is 0.0145. The van der Waals surface area contributed by atoms with Gasteiger partial charge in [-0.15, -0.1) is 0 Å². The third-order valence-corrected chi connectivity index (χ3v) is 3.89. The predicted molar refractivity (Wildman–Crippen MR) is 87.6 cm³/mol. The zero-order chi connectivity index (χ0) is 15.3.